The van der Waals surface area contributed by atoms with Crippen molar-refractivity contribution in [1.82, 2.24) is 5.32 Å². The van der Waals surface area contributed by atoms with Gasteiger partial charge in [-0.3, -0.25) is 9.59 Å². The standard InChI is InChI=1S/C27H28ClF3N2O6S/c28-20-4-1-14(26(35)33-18-10-21(29)25(31)22(30)11-18)7-23(20)40(37,38)19-8-15-2-3-16(9-19)27(15,36)12-24(34)32-17-5-6-39-13-17/h1,4,7,10-11,15-17,19,36H,2-3,5-6,8-9,12-13H2,(H,32,34)(H,33,35)/t15-,16?,17+,19-,27-/m0/s1. The summed E-state index contributed by atoms with van der Waals surface area (Å²) in [6.07, 6.45) is 1.98. The van der Waals surface area contributed by atoms with Gasteiger partial charge in [-0.1, -0.05) is 11.6 Å². The fourth-order valence-electron chi connectivity index (χ4n) is 6.21. The molecule has 8 nitrogen and oxygen atoms in total. The molecule has 2 bridgehead atoms. The van der Waals surface area contributed by atoms with E-state index in [1.54, 1.807) is 0 Å². The average Bonchev–Trinajstić information content (AvgIpc) is 3.41. The molecular weight excluding hydrogens is 573 g/mol. The Bertz CT molecular complexity index is 1410. The van der Waals surface area contributed by atoms with Crippen LogP contribution >= 0.6 is 11.6 Å². The molecule has 5 atom stereocenters. The average molecular weight is 601 g/mol. The highest BCUT2D eigenvalue weighted by Gasteiger charge is 2.56. The zero-order valence-electron chi connectivity index (χ0n) is 21.3. The van der Waals surface area contributed by atoms with Gasteiger partial charge in [0.15, 0.2) is 27.3 Å². The fraction of sp³-hybridized carbons (Fsp3) is 0.481. The molecule has 2 saturated carbocycles. The van der Waals surface area contributed by atoms with Gasteiger partial charge in [-0.05, 0) is 62.1 Å². The number of hydrogen-bond acceptors (Lipinski definition) is 6. The molecule has 5 rings (SSSR count). The third-order valence-electron chi connectivity index (χ3n) is 8.29. The van der Waals surface area contributed by atoms with Crippen molar-refractivity contribution in [2.45, 2.75) is 60.3 Å². The van der Waals surface area contributed by atoms with E-state index in [9.17, 15) is 36.3 Å². The predicted octanol–water partition coefficient (Wildman–Crippen LogP) is 4.00. The van der Waals surface area contributed by atoms with Crippen LogP contribution in [0.5, 0.6) is 0 Å². The molecule has 0 aromatic heterocycles. The molecule has 3 aliphatic rings. The maximum Gasteiger partial charge on any atom is 0.255 e. The lowest BCUT2D eigenvalue weighted by atomic mass is 9.72. The van der Waals surface area contributed by atoms with Gasteiger partial charge in [0, 0.05) is 30.0 Å². The van der Waals surface area contributed by atoms with Crippen molar-refractivity contribution in [3.05, 3.63) is 58.4 Å². The van der Waals surface area contributed by atoms with Gasteiger partial charge in [-0.25, -0.2) is 21.6 Å². The Morgan fingerprint density at radius 1 is 1.05 bits per heavy atom. The van der Waals surface area contributed by atoms with E-state index in [1.165, 1.54) is 12.1 Å². The van der Waals surface area contributed by atoms with Gasteiger partial charge in [0.2, 0.25) is 5.91 Å². The number of hydrogen-bond donors (Lipinski definition) is 3. The highest BCUT2D eigenvalue weighted by Crippen LogP contribution is 2.53. The van der Waals surface area contributed by atoms with E-state index >= 15 is 0 Å². The molecule has 3 fully saturated rings. The maximum atomic E-state index is 13.7. The topological polar surface area (TPSA) is 122 Å². The van der Waals surface area contributed by atoms with Crippen molar-refractivity contribution >= 4 is 38.9 Å². The van der Waals surface area contributed by atoms with Crippen molar-refractivity contribution < 1.29 is 41.0 Å². The van der Waals surface area contributed by atoms with Crippen molar-refractivity contribution in [3.8, 4) is 0 Å². The lowest BCUT2D eigenvalue weighted by Gasteiger charge is -2.42. The number of amides is 2. The van der Waals surface area contributed by atoms with Crippen LogP contribution in [0.15, 0.2) is 35.2 Å². The highest BCUT2D eigenvalue weighted by molar-refractivity contribution is 7.92. The van der Waals surface area contributed by atoms with Crippen molar-refractivity contribution in [2.75, 3.05) is 18.5 Å². The van der Waals surface area contributed by atoms with E-state index in [1.807, 2.05) is 0 Å². The molecule has 2 aromatic rings. The van der Waals surface area contributed by atoms with E-state index in [0.29, 0.717) is 44.6 Å². The van der Waals surface area contributed by atoms with Gasteiger partial charge in [-0.2, -0.15) is 0 Å². The Kier molecular flexibility index (Phi) is 7.90. The molecule has 1 heterocycles. The first-order valence-electron chi connectivity index (χ1n) is 13.0. The molecule has 1 unspecified atom stereocenters. The van der Waals surface area contributed by atoms with Gasteiger partial charge < -0.3 is 20.5 Å². The summed E-state index contributed by atoms with van der Waals surface area (Å²) >= 11 is 6.25. The highest BCUT2D eigenvalue weighted by atomic mass is 35.5. The van der Waals surface area contributed by atoms with Crippen molar-refractivity contribution in [1.29, 1.82) is 0 Å². The summed E-state index contributed by atoms with van der Waals surface area (Å²) in [4.78, 5) is 25.1. The Morgan fingerprint density at radius 3 is 2.30 bits per heavy atom. The molecule has 2 amide bonds. The maximum absolute atomic E-state index is 13.7. The molecule has 2 aromatic carbocycles. The minimum absolute atomic E-state index is 0.0989. The van der Waals surface area contributed by atoms with Crippen LogP contribution < -0.4 is 10.6 Å². The molecule has 0 spiro atoms. The summed E-state index contributed by atoms with van der Waals surface area (Å²) in [5.74, 6) is -6.67. The largest absolute Gasteiger partial charge is 0.389 e. The number of anilines is 1. The predicted molar refractivity (Wildman–Crippen MR) is 139 cm³/mol. The van der Waals surface area contributed by atoms with Gasteiger partial charge in [0.1, 0.15) is 0 Å². The molecule has 40 heavy (non-hydrogen) atoms. The number of sulfone groups is 1. The number of halogens is 4. The van der Waals surface area contributed by atoms with Gasteiger partial charge >= 0.3 is 0 Å². The lowest BCUT2D eigenvalue weighted by Crippen LogP contribution is -2.51. The minimum Gasteiger partial charge on any atom is -0.389 e. The zero-order chi connectivity index (χ0) is 28.8. The van der Waals surface area contributed by atoms with E-state index in [-0.39, 0.29) is 52.4 Å². The molecular formula is C27H28ClF3N2O6S. The molecule has 0 radical (unpaired) electrons. The zero-order valence-corrected chi connectivity index (χ0v) is 22.8. The Morgan fingerprint density at radius 2 is 1.70 bits per heavy atom. The number of ether oxygens (including phenoxy) is 1. The van der Waals surface area contributed by atoms with Gasteiger partial charge in [0.25, 0.3) is 5.91 Å². The van der Waals surface area contributed by atoms with Gasteiger partial charge in [0.05, 0.1) is 39.8 Å². The summed E-state index contributed by atoms with van der Waals surface area (Å²) in [5.41, 5.74) is -1.81. The van der Waals surface area contributed by atoms with Gasteiger partial charge in [-0.15, -0.1) is 0 Å². The monoisotopic (exact) mass is 600 g/mol. The minimum atomic E-state index is -4.07. The fourth-order valence-corrected chi connectivity index (χ4v) is 8.61. The summed E-state index contributed by atoms with van der Waals surface area (Å²) in [6.45, 7) is 0.988. The van der Waals surface area contributed by atoms with Crippen LogP contribution in [0, 0.1) is 29.3 Å². The second-order valence-electron chi connectivity index (χ2n) is 10.8. The van der Waals surface area contributed by atoms with Crippen molar-refractivity contribution in [2.24, 2.45) is 11.8 Å². The van der Waals surface area contributed by atoms with Crippen LogP contribution in [-0.2, 0) is 19.4 Å². The number of nitrogens with one attached hydrogen (secondary N) is 2. The molecule has 13 heteroatoms. The van der Waals surface area contributed by atoms with Crippen LogP contribution in [0.1, 0.15) is 48.9 Å². The van der Waals surface area contributed by atoms with E-state index in [2.05, 4.69) is 10.6 Å². The lowest BCUT2D eigenvalue weighted by molar-refractivity contribution is -0.133. The summed E-state index contributed by atoms with van der Waals surface area (Å²) in [5, 5.41) is 15.6. The Labute approximate surface area is 234 Å². The number of aliphatic hydroxyl groups is 1. The summed E-state index contributed by atoms with van der Waals surface area (Å²) < 4.78 is 73.1. The van der Waals surface area contributed by atoms with Crippen LogP contribution in [0.4, 0.5) is 18.9 Å². The molecule has 1 saturated heterocycles. The first kappa shape index (κ1) is 28.8. The van der Waals surface area contributed by atoms with E-state index in [0.717, 1.165) is 6.07 Å². The molecule has 2 aliphatic carbocycles. The summed E-state index contributed by atoms with van der Waals surface area (Å²) in [6, 6.07) is 4.68. The quantitative estimate of drug-likeness (QED) is 0.413. The Hall–Kier alpha value is -2.67. The number of carbonyl (C=O) groups excluding carboxylic acids is 2. The number of fused-ring (bicyclic) bond motifs is 2. The van der Waals surface area contributed by atoms with Crippen LogP contribution in [0.2, 0.25) is 5.02 Å². The number of benzene rings is 2. The summed E-state index contributed by atoms with van der Waals surface area (Å²) in [7, 11) is -4.07. The van der Waals surface area contributed by atoms with Crippen LogP contribution in [0.25, 0.3) is 0 Å². The van der Waals surface area contributed by atoms with E-state index < -0.39 is 55.9 Å². The Balaban J connectivity index is 1.32. The third-order valence-corrected chi connectivity index (χ3v) is 10.9. The number of rotatable bonds is 7. The first-order valence-corrected chi connectivity index (χ1v) is 14.9. The first-order chi connectivity index (χ1) is 18.9. The smallest absolute Gasteiger partial charge is 0.255 e. The normalized spacial score (nSPS) is 27.9. The van der Waals surface area contributed by atoms with E-state index in [4.69, 9.17) is 16.3 Å². The second-order valence-corrected chi connectivity index (χ2v) is 13.4. The second kappa shape index (κ2) is 11.0. The molecule has 1 aliphatic heterocycles. The van der Waals surface area contributed by atoms with Crippen LogP contribution in [-0.4, -0.2) is 55.4 Å². The van der Waals surface area contributed by atoms with Crippen LogP contribution in [0.3, 0.4) is 0 Å². The molecule has 216 valence electrons. The molecule has 3 N–H and O–H groups in total. The number of carbonyl (C=O) groups is 2. The SMILES string of the molecule is O=C(C[C@@]1(O)C2CC[C@H]1C[C@H](S(=O)(=O)c1cc(C(=O)Nc3cc(F)c(F)c(F)c3)ccc1Cl)C2)N[C@@H]1CCOC1. The van der Waals surface area contributed by atoms with Crippen molar-refractivity contribution in [3.63, 3.8) is 0 Å². The third kappa shape index (κ3) is 5.46.